The standard InChI is InChI=1S/C21H35N5O3/c1-24(2)20(27)16-23-21(22-10-7-11-26-12-14-29-15-13-26)25(3)17-18-8-5-6-9-19(18)28-4/h5-6,8-9H,7,10-17H2,1-4H3,(H,22,23). The maximum Gasteiger partial charge on any atom is 0.243 e. The van der Waals surface area contributed by atoms with Gasteiger partial charge in [-0.15, -0.1) is 0 Å². The highest BCUT2D eigenvalue weighted by atomic mass is 16.5. The summed E-state index contributed by atoms with van der Waals surface area (Å²) in [7, 11) is 7.13. The molecule has 0 aromatic heterocycles. The molecule has 2 rings (SSSR count). The highest BCUT2D eigenvalue weighted by Crippen LogP contribution is 2.18. The van der Waals surface area contributed by atoms with Crippen LogP contribution in [0.1, 0.15) is 12.0 Å². The highest BCUT2D eigenvalue weighted by molar-refractivity contribution is 5.84. The minimum absolute atomic E-state index is 0.0247. The molecule has 8 nitrogen and oxygen atoms in total. The Kier molecular flexibility index (Phi) is 9.73. The predicted molar refractivity (Wildman–Crippen MR) is 115 cm³/mol. The molecular formula is C21H35N5O3. The Labute approximate surface area is 174 Å². The van der Waals surface area contributed by atoms with Crippen molar-refractivity contribution in [2.45, 2.75) is 13.0 Å². The van der Waals surface area contributed by atoms with E-state index in [9.17, 15) is 4.79 Å². The average Bonchev–Trinajstić information content (AvgIpc) is 2.73. The Balaban J connectivity index is 1.95. The van der Waals surface area contributed by atoms with E-state index >= 15 is 0 Å². The number of amides is 1. The lowest BCUT2D eigenvalue weighted by molar-refractivity contribution is -0.127. The third-order valence-electron chi connectivity index (χ3n) is 4.86. The third-order valence-corrected chi connectivity index (χ3v) is 4.86. The summed E-state index contributed by atoms with van der Waals surface area (Å²) in [6, 6.07) is 7.94. The third kappa shape index (κ3) is 7.91. The Morgan fingerprint density at radius 2 is 1.97 bits per heavy atom. The van der Waals surface area contributed by atoms with E-state index in [2.05, 4.69) is 15.2 Å². The van der Waals surface area contributed by atoms with E-state index in [0.29, 0.717) is 12.5 Å². The van der Waals surface area contributed by atoms with Crippen LogP contribution in [0, 0.1) is 0 Å². The molecule has 0 aliphatic carbocycles. The van der Waals surface area contributed by atoms with Crippen molar-refractivity contribution in [2.24, 2.45) is 4.99 Å². The van der Waals surface area contributed by atoms with Gasteiger partial charge in [-0.3, -0.25) is 9.69 Å². The van der Waals surface area contributed by atoms with E-state index in [4.69, 9.17) is 9.47 Å². The van der Waals surface area contributed by atoms with Crippen LogP contribution in [0.4, 0.5) is 0 Å². The van der Waals surface area contributed by atoms with E-state index in [1.807, 2.05) is 36.2 Å². The summed E-state index contributed by atoms with van der Waals surface area (Å²) in [5.41, 5.74) is 1.07. The Bertz CT molecular complexity index is 659. The van der Waals surface area contributed by atoms with Gasteiger partial charge >= 0.3 is 0 Å². The molecule has 1 N–H and O–H groups in total. The summed E-state index contributed by atoms with van der Waals surface area (Å²) < 4.78 is 10.9. The van der Waals surface area contributed by atoms with E-state index < -0.39 is 0 Å². The number of nitrogens with zero attached hydrogens (tertiary/aromatic N) is 4. The van der Waals surface area contributed by atoms with E-state index in [-0.39, 0.29) is 12.5 Å². The lowest BCUT2D eigenvalue weighted by Crippen LogP contribution is -2.42. The fourth-order valence-corrected chi connectivity index (χ4v) is 3.09. The summed E-state index contributed by atoms with van der Waals surface area (Å²) in [5, 5.41) is 3.42. The number of methoxy groups -OCH3 is 1. The first-order chi connectivity index (χ1) is 14.0. The van der Waals surface area contributed by atoms with Gasteiger partial charge in [-0.1, -0.05) is 18.2 Å². The van der Waals surface area contributed by atoms with Crippen molar-refractivity contribution >= 4 is 11.9 Å². The zero-order valence-electron chi connectivity index (χ0n) is 18.2. The first-order valence-electron chi connectivity index (χ1n) is 10.1. The second-order valence-electron chi connectivity index (χ2n) is 7.33. The lowest BCUT2D eigenvalue weighted by Gasteiger charge is -2.27. The number of hydrogen-bond donors (Lipinski definition) is 1. The molecule has 1 aliphatic heterocycles. The molecule has 162 valence electrons. The van der Waals surface area contributed by atoms with Gasteiger partial charge in [-0.2, -0.15) is 0 Å². The van der Waals surface area contributed by atoms with Gasteiger partial charge in [-0.05, 0) is 19.0 Å². The Morgan fingerprint density at radius 1 is 1.24 bits per heavy atom. The van der Waals surface area contributed by atoms with Crippen LogP contribution in [0.5, 0.6) is 5.75 Å². The van der Waals surface area contributed by atoms with Crippen molar-refractivity contribution in [3.8, 4) is 5.75 Å². The average molecular weight is 406 g/mol. The van der Waals surface area contributed by atoms with Crippen molar-refractivity contribution in [3.63, 3.8) is 0 Å². The van der Waals surface area contributed by atoms with Crippen LogP contribution in [0.2, 0.25) is 0 Å². The number of hydrogen-bond acceptors (Lipinski definition) is 5. The number of nitrogens with one attached hydrogen (secondary N) is 1. The number of benzene rings is 1. The minimum Gasteiger partial charge on any atom is -0.496 e. The molecule has 1 aromatic rings. The molecule has 1 aromatic carbocycles. The number of morpholine rings is 1. The van der Waals surface area contributed by atoms with Crippen LogP contribution >= 0.6 is 0 Å². The monoisotopic (exact) mass is 405 g/mol. The number of carbonyl (C=O) groups is 1. The quantitative estimate of drug-likeness (QED) is 0.374. The number of guanidine groups is 1. The van der Waals surface area contributed by atoms with Crippen molar-refractivity contribution in [2.75, 3.05) is 74.2 Å². The van der Waals surface area contributed by atoms with E-state index in [0.717, 1.165) is 57.1 Å². The first kappa shape index (κ1) is 23.0. The number of rotatable bonds is 9. The number of aliphatic imine (C=N–C) groups is 1. The SMILES string of the molecule is COc1ccccc1CN(C)C(=NCC(=O)N(C)C)NCCCN1CCOCC1. The molecule has 1 saturated heterocycles. The van der Waals surface area contributed by atoms with Crippen molar-refractivity contribution in [3.05, 3.63) is 29.8 Å². The highest BCUT2D eigenvalue weighted by Gasteiger charge is 2.13. The second kappa shape index (κ2) is 12.3. The smallest absolute Gasteiger partial charge is 0.243 e. The summed E-state index contributed by atoms with van der Waals surface area (Å²) in [6.45, 7) is 6.18. The van der Waals surface area contributed by atoms with Crippen LogP contribution < -0.4 is 10.1 Å². The summed E-state index contributed by atoms with van der Waals surface area (Å²) in [5.74, 6) is 1.53. The molecule has 1 aliphatic rings. The first-order valence-corrected chi connectivity index (χ1v) is 10.1. The van der Waals surface area contributed by atoms with Gasteiger partial charge in [0.1, 0.15) is 12.3 Å². The molecule has 1 heterocycles. The molecule has 0 saturated carbocycles. The van der Waals surface area contributed by atoms with Gasteiger partial charge < -0.3 is 24.6 Å². The van der Waals surface area contributed by atoms with Gasteiger partial charge in [-0.25, -0.2) is 4.99 Å². The molecule has 8 heteroatoms. The maximum absolute atomic E-state index is 12.0. The van der Waals surface area contributed by atoms with Crippen LogP contribution in [0.3, 0.4) is 0 Å². The minimum atomic E-state index is -0.0247. The zero-order valence-corrected chi connectivity index (χ0v) is 18.2. The Morgan fingerprint density at radius 3 is 2.66 bits per heavy atom. The molecule has 1 amide bonds. The van der Waals surface area contributed by atoms with Gasteiger partial charge in [0.15, 0.2) is 5.96 Å². The summed E-state index contributed by atoms with van der Waals surface area (Å²) in [4.78, 5) is 22.5. The fourth-order valence-electron chi connectivity index (χ4n) is 3.09. The topological polar surface area (TPSA) is 69.6 Å². The molecule has 0 spiro atoms. The number of ether oxygens (including phenoxy) is 2. The fraction of sp³-hybridized carbons (Fsp3) is 0.619. The molecular weight excluding hydrogens is 370 g/mol. The number of likely N-dealkylation sites (N-methyl/N-ethyl adjacent to an activating group) is 1. The molecule has 0 bridgehead atoms. The van der Waals surface area contributed by atoms with Crippen LogP contribution in [-0.2, 0) is 16.1 Å². The molecule has 0 unspecified atom stereocenters. The largest absolute Gasteiger partial charge is 0.496 e. The Hall–Kier alpha value is -2.32. The predicted octanol–water partition coefficient (Wildman–Crippen LogP) is 0.883. The molecule has 1 fully saturated rings. The van der Waals surface area contributed by atoms with Gasteiger partial charge in [0.2, 0.25) is 5.91 Å². The molecule has 0 atom stereocenters. The molecule has 29 heavy (non-hydrogen) atoms. The summed E-state index contributed by atoms with van der Waals surface area (Å²) in [6.07, 6.45) is 1.00. The van der Waals surface area contributed by atoms with Crippen LogP contribution in [0.15, 0.2) is 29.3 Å². The summed E-state index contributed by atoms with van der Waals surface area (Å²) >= 11 is 0. The second-order valence-corrected chi connectivity index (χ2v) is 7.33. The van der Waals surface area contributed by atoms with Gasteiger partial charge in [0.05, 0.1) is 20.3 Å². The van der Waals surface area contributed by atoms with Crippen LogP contribution in [0.25, 0.3) is 0 Å². The van der Waals surface area contributed by atoms with Crippen molar-refractivity contribution < 1.29 is 14.3 Å². The zero-order chi connectivity index (χ0) is 21.1. The van der Waals surface area contributed by atoms with Crippen molar-refractivity contribution in [1.29, 1.82) is 0 Å². The lowest BCUT2D eigenvalue weighted by atomic mass is 10.2. The van der Waals surface area contributed by atoms with Gasteiger partial charge in [0.25, 0.3) is 0 Å². The maximum atomic E-state index is 12.0. The van der Waals surface area contributed by atoms with Crippen molar-refractivity contribution in [1.82, 2.24) is 20.0 Å². The van der Waals surface area contributed by atoms with Gasteiger partial charge in [0, 0.05) is 52.9 Å². The normalized spacial score (nSPS) is 15.1. The van der Waals surface area contributed by atoms with Crippen LogP contribution in [-0.4, -0.2) is 101 Å². The number of carbonyl (C=O) groups excluding carboxylic acids is 1. The number of para-hydroxylation sites is 1. The van der Waals surface area contributed by atoms with E-state index in [1.54, 1.807) is 26.1 Å². The van der Waals surface area contributed by atoms with E-state index in [1.165, 1.54) is 0 Å². The molecule has 0 radical (unpaired) electrons.